The molecule has 6 heteroatoms. The Bertz CT molecular complexity index is 946. The molecular weight excluding hydrogens is 328 g/mol. The van der Waals surface area contributed by atoms with Gasteiger partial charge in [-0.3, -0.25) is 14.3 Å². The Balaban J connectivity index is 1.60. The smallest absolute Gasteiger partial charge is 0.276 e. The van der Waals surface area contributed by atoms with E-state index in [1.165, 1.54) is 4.68 Å². The summed E-state index contributed by atoms with van der Waals surface area (Å²) in [6, 6.07) is 16.7. The van der Waals surface area contributed by atoms with Gasteiger partial charge >= 0.3 is 0 Å². The number of anilines is 2. The number of aryl methyl sites for hydroxylation is 2. The number of rotatable bonds is 5. The van der Waals surface area contributed by atoms with Crippen LogP contribution in [-0.2, 0) is 11.3 Å². The fourth-order valence-electron chi connectivity index (χ4n) is 2.56. The SMILES string of the molecule is Cc1cccc(NC(=O)Cn2ccc(C(=O)Nc3cccc(C)c3)n2)c1. The average Bonchev–Trinajstić information content (AvgIpc) is 3.03. The normalized spacial score (nSPS) is 10.4. The van der Waals surface area contributed by atoms with Crippen LogP contribution in [0.5, 0.6) is 0 Å². The first kappa shape index (κ1) is 17.4. The van der Waals surface area contributed by atoms with Gasteiger partial charge in [-0.05, 0) is 55.3 Å². The molecule has 26 heavy (non-hydrogen) atoms. The summed E-state index contributed by atoms with van der Waals surface area (Å²) < 4.78 is 1.44. The van der Waals surface area contributed by atoms with Gasteiger partial charge in [-0.15, -0.1) is 0 Å². The number of aromatic nitrogens is 2. The Labute approximate surface area is 151 Å². The van der Waals surface area contributed by atoms with Gasteiger partial charge in [0.15, 0.2) is 5.69 Å². The minimum Gasteiger partial charge on any atom is -0.324 e. The van der Waals surface area contributed by atoms with Crippen LogP contribution in [0.3, 0.4) is 0 Å². The number of carbonyl (C=O) groups is 2. The molecule has 0 atom stereocenters. The van der Waals surface area contributed by atoms with Gasteiger partial charge in [-0.2, -0.15) is 5.10 Å². The van der Waals surface area contributed by atoms with E-state index in [1.54, 1.807) is 12.3 Å². The second-order valence-corrected chi connectivity index (χ2v) is 6.14. The van der Waals surface area contributed by atoms with Gasteiger partial charge in [0, 0.05) is 17.6 Å². The van der Waals surface area contributed by atoms with E-state index in [1.807, 2.05) is 62.4 Å². The van der Waals surface area contributed by atoms with E-state index in [0.29, 0.717) is 5.69 Å². The number of benzene rings is 2. The summed E-state index contributed by atoms with van der Waals surface area (Å²) in [6.45, 7) is 3.95. The number of amides is 2. The molecule has 0 bridgehead atoms. The van der Waals surface area contributed by atoms with Crippen molar-refractivity contribution in [2.45, 2.75) is 20.4 Å². The van der Waals surface area contributed by atoms with Crippen molar-refractivity contribution in [1.82, 2.24) is 9.78 Å². The molecule has 0 saturated heterocycles. The Morgan fingerprint density at radius 2 is 1.54 bits per heavy atom. The number of hydrogen-bond donors (Lipinski definition) is 2. The van der Waals surface area contributed by atoms with Crippen molar-refractivity contribution < 1.29 is 9.59 Å². The van der Waals surface area contributed by atoms with Gasteiger partial charge in [-0.25, -0.2) is 0 Å². The number of nitrogens with one attached hydrogen (secondary N) is 2. The van der Waals surface area contributed by atoms with E-state index in [4.69, 9.17) is 0 Å². The van der Waals surface area contributed by atoms with Crippen LogP contribution < -0.4 is 10.6 Å². The zero-order valence-electron chi connectivity index (χ0n) is 14.7. The van der Waals surface area contributed by atoms with Crippen molar-refractivity contribution >= 4 is 23.2 Å². The quantitative estimate of drug-likeness (QED) is 0.742. The highest BCUT2D eigenvalue weighted by atomic mass is 16.2. The first-order valence-corrected chi connectivity index (χ1v) is 8.27. The summed E-state index contributed by atoms with van der Waals surface area (Å²) in [5.41, 5.74) is 3.83. The highest BCUT2D eigenvalue weighted by Crippen LogP contribution is 2.12. The maximum Gasteiger partial charge on any atom is 0.276 e. The third-order valence-electron chi connectivity index (χ3n) is 3.76. The third kappa shape index (κ3) is 4.57. The van der Waals surface area contributed by atoms with Crippen LogP contribution in [-0.4, -0.2) is 21.6 Å². The minimum atomic E-state index is -0.312. The number of hydrogen-bond acceptors (Lipinski definition) is 3. The van der Waals surface area contributed by atoms with Gasteiger partial charge < -0.3 is 10.6 Å². The fraction of sp³-hybridized carbons (Fsp3) is 0.150. The molecule has 2 amide bonds. The first-order chi connectivity index (χ1) is 12.5. The molecule has 0 aliphatic heterocycles. The van der Waals surface area contributed by atoms with Crippen LogP contribution in [0.2, 0.25) is 0 Å². The molecule has 0 spiro atoms. The molecule has 0 aliphatic rings. The van der Waals surface area contributed by atoms with Crippen molar-refractivity contribution in [3.63, 3.8) is 0 Å². The summed E-state index contributed by atoms with van der Waals surface area (Å²) in [7, 11) is 0. The number of nitrogens with zero attached hydrogens (tertiary/aromatic N) is 2. The lowest BCUT2D eigenvalue weighted by Gasteiger charge is -2.06. The maximum absolute atomic E-state index is 12.3. The van der Waals surface area contributed by atoms with Crippen molar-refractivity contribution in [3.8, 4) is 0 Å². The molecule has 6 nitrogen and oxygen atoms in total. The summed E-state index contributed by atoms with van der Waals surface area (Å²) in [5.74, 6) is -0.516. The van der Waals surface area contributed by atoms with Crippen LogP contribution in [0.1, 0.15) is 21.6 Å². The lowest BCUT2D eigenvalue weighted by molar-refractivity contribution is -0.116. The van der Waals surface area contributed by atoms with Crippen LogP contribution in [0, 0.1) is 13.8 Å². The minimum absolute atomic E-state index is 0.0334. The Kier molecular flexibility index (Phi) is 5.12. The fourth-order valence-corrected chi connectivity index (χ4v) is 2.56. The van der Waals surface area contributed by atoms with E-state index in [0.717, 1.165) is 16.8 Å². The monoisotopic (exact) mass is 348 g/mol. The van der Waals surface area contributed by atoms with Crippen LogP contribution >= 0.6 is 0 Å². The van der Waals surface area contributed by atoms with Crippen LogP contribution in [0.25, 0.3) is 0 Å². The van der Waals surface area contributed by atoms with Crippen molar-refractivity contribution in [2.75, 3.05) is 10.6 Å². The first-order valence-electron chi connectivity index (χ1n) is 8.27. The molecule has 0 aliphatic carbocycles. The Morgan fingerprint density at radius 1 is 0.923 bits per heavy atom. The zero-order chi connectivity index (χ0) is 18.5. The summed E-state index contributed by atoms with van der Waals surface area (Å²) in [4.78, 5) is 24.4. The van der Waals surface area contributed by atoms with E-state index in [9.17, 15) is 9.59 Å². The molecule has 0 fully saturated rings. The molecule has 1 heterocycles. The van der Waals surface area contributed by atoms with Gasteiger partial charge in [-0.1, -0.05) is 24.3 Å². The van der Waals surface area contributed by atoms with Crippen molar-refractivity contribution in [1.29, 1.82) is 0 Å². The average molecular weight is 348 g/mol. The van der Waals surface area contributed by atoms with Gasteiger partial charge in [0.25, 0.3) is 5.91 Å². The van der Waals surface area contributed by atoms with E-state index in [2.05, 4.69) is 15.7 Å². The van der Waals surface area contributed by atoms with Gasteiger partial charge in [0.2, 0.25) is 5.91 Å². The van der Waals surface area contributed by atoms with E-state index < -0.39 is 0 Å². The molecule has 2 aromatic carbocycles. The van der Waals surface area contributed by atoms with E-state index in [-0.39, 0.29) is 24.1 Å². The molecule has 3 rings (SSSR count). The topological polar surface area (TPSA) is 76.0 Å². The zero-order valence-corrected chi connectivity index (χ0v) is 14.7. The third-order valence-corrected chi connectivity index (χ3v) is 3.76. The summed E-state index contributed by atoms with van der Waals surface area (Å²) in [5, 5.41) is 9.78. The predicted octanol–water partition coefficient (Wildman–Crippen LogP) is 3.39. The highest BCUT2D eigenvalue weighted by molar-refractivity contribution is 6.02. The predicted molar refractivity (Wildman–Crippen MR) is 101 cm³/mol. The van der Waals surface area contributed by atoms with Crippen LogP contribution in [0.4, 0.5) is 11.4 Å². The molecule has 132 valence electrons. The van der Waals surface area contributed by atoms with E-state index >= 15 is 0 Å². The Morgan fingerprint density at radius 3 is 2.15 bits per heavy atom. The molecule has 2 N–H and O–H groups in total. The molecule has 3 aromatic rings. The molecule has 0 saturated carbocycles. The highest BCUT2D eigenvalue weighted by Gasteiger charge is 2.12. The number of carbonyl (C=O) groups excluding carboxylic acids is 2. The lowest BCUT2D eigenvalue weighted by Crippen LogP contribution is -2.20. The lowest BCUT2D eigenvalue weighted by atomic mass is 10.2. The second-order valence-electron chi connectivity index (χ2n) is 6.14. The summed E-state index contributed by atoms with van der Waals surface area (Å²) in [6.07, 6.45) is 1.61. The van der Waals surface area contributed by atoms with Crippen molar-refractivity contribution in [3.05, 3.63) is 77.6 Å². The molecule has 0 unspecified atom stereocenters. The van der Waals surface area contributed by atoms with Gasteiger partial charge in [0.05, 0.1) is 0 Å². The summed E-state index contributed by atoms with van der Waals surface area (Å²) >= 11 is 0. The molecular formula is C20H20N4O2. The molecule has 0 radical (unpaired) electrons. The van der Waals surface area contributed by atoms with Crippen molar-refractivity contribution in [2.24, 2.45) is 0 Å². The Hall–Kier alpha value is -3.41. The largest absolute Gasteiger partial charge is 0.324 e. The van der Waals surface area contributed by atoms with Gasteiger partial charge in [0.1, 0.15) is 6.54 Å². The molecule has 1 aromatic heterocycles. The standard InChI is InChI=1S/C20H20N4O2/c1-14-5-3-7-16(11-14)21-19(25)13-24-10-9-18(23-24)20(26)22-17-8-4-6-15(2)12-17/h3-12H,13H2,1-2H3,(H,21,25)(H,22,26). The second kappa shape index (κ2) is 7.65. The maximum atomic E-state index is 12.3. The van der Waals surface area contributed by atoms with Crippen LogP contribution in [0.15, 0.2) is 60.8 Å².